The SMILES string of the molecule is CCCCCNC(CCC)c1ccc(Cl)cc1. The molecule has 0 heterocycles. The number of hydrogen-bond acceptors (Lipinski definition) is 1. The van der Waals surface area contributed by atoms with Crippen LogP contribution in [-0.2, 0) is 0 Å². The first kappa shape index (κ1) is 14.5. The number of halogens is 1. The molecule has 0 bridgehead atoms. The van der Waals surface area contributed by atoms with Gasteiger partial charge in [0.05, 0.1) is 0 Å². The molecule has 1 rings (SSSR count). The molecule has 0 aliphatic heterocycles. The van der Waals surface area contributed by atoms with Crippen LogP contribution in [0, 0.1) is 0 Å². The molecule has 0 radical (unpaired) electrons. The zero-order chi connectivity index (χ0) is 12.5. The second kappa shape index (κ2) is 8.54. The van der Waals surface area contributed by atoms with Gasteiger partial charge in [-0.25, -0.2) is 0 Å². The third kappa shape index (κ3) is 5.56. The fourth-order valence-corrected chi connectivity index (χ4v) is 2.15. The Kier molecular flexibility index (Phi) is 7.30. The highest BCUT2D eigenvalue weighted by Crippen LogP contribution is 2.20. The van der Waals surface area contributed by atoms with Crippen LogP contribution < -0.4 is 5.32 Å². The maximum absolute atomic E-state index is 5.92. The number of hydrogen-bond donors (Lipinski definition) is 1. The van der Waals surface area contributed by atoms with Crippen molar-refractivity contribution in [2.24, 2.45) is 0 Å². The van der Waals surface area contributed by atoms with E-state index < -0.39 is 0 Å². The molecule has 1 N–H and O–H groups in total. The van der Waals surface area contributed by atoms with Crippen molar-refractivity contribution in [1.82, 2.24) is 5.32 Å². The molecule has 2 heteroatoms. The Bertz CT molecular complexity index is 294. The summed E-state index contributed by atoms with van der Waals surface area (Å²) >= 11 is 5.92. The van der Waals surface area contributed by atoms with Crippen molar-refractivity contribution >= 4 is 11.6 Å². The quantitative estimate of drug-likeness (QED) is 0.646. The number of rotatable bonds is 8. The molecule has 0 saturated carbocycles. The predicted molar refractivity (Wildman–Crippen MR) is 76.6 cm³/mol. The van der Waals surface area contributed by atoms with E-state index in [2.05, 4.69) is 31.3 Å². The summed E-state index contributed by atoms with van der Waals surface area (Å²) in [5, 5.41) is 4.46. The zero-order valence-electron chi connectivity index (χ0n) is 11.0. The van der Waals surface area contributed by atoms with Crippen molar-refractivity contribution in [3.63, 3.8) is 0 Å². The number of benzene rings is 1. The van der Waals surface area contributed by atoms with E-state index in [-0.39, 0.29) is 0 Å². The van der Waals surface area contributed by atoms with Crippen molar-refractivity contribution in [3.05, 3.63) is 34.9 Å². The molecule has 0 aromatic heterocycles. The van der Waals surface area contributed by atoms with Gasteiger partial charge in [0.2, 0.25) is 0 Å². The zero-order valence-corrected chi connectivity index (χ0v) is 11.8. The Morgan fingerprint density at radius 3 is 2.35 bits per heavy atom. The Morgan fingerprint density at radius 1 is 1.06 bits per heavy atom. The molecule has 0 fully saturated rings. The summed E-state index contributed by atoms with van der Waals surface area (Å²) in [5.74, 6) is 0. The van der Waals surface area contributed by atoms with Gasteiger partial charge in [0.25, 0.3) is 0 Å². The van der Waals surface area contributed by atoms with Crippen LogP contribution in [0.25, 0.3) is 0 Å². The first-order chi connectivity index (χ1) is 8.27. The van der Waals surface area contributed by atoms with Crippen LogP contribution >= 0.6 is 11.6 Å². The van der Waals surface area contributed by atoms with Crippen LogP contribution in [0.3, 0.4) is 0 Å². The molecule has 0 spiro atoms. The van der Waals surface area contributed by atoms with Gasteiger partial charge in [-0.2, -0.15) is 0 Å². The van der Waals surface area contributed by atoms with Gasteiger partial charge in [0, 0.05) is 11.1 Å². The molecular weight excluding hydrogens is 230 g/mol. The second-order valence-electron chi connectivity index (χ2n) is 4.55. The molecule has 17 heavy (non-hydrogen) atoms. The van der Waals surface area contributed by atoms with Crippen LogP contribution in [0.4, 0.5) is 0 Å². The first-order valence-corrected chi connectivity index (χ1v) is 7.14. The lowest BCUT2D eigenvalue weighted by Crippen LogP contribution is -2.22. The van der Waals surface area contributed by atoms with E-state index >= 15 is 0 Å². The van der Waals surface area contributed by atoms with Crippen LogP contribution in [0.5, 0.6) is 0 Å². The van der Waals surface area contributed by atoms with Crippen LogP contribution in [0.15, 0.2) is 24.3 Å². The van der Waals surface area contributed by atoms with E-state index in [0.717, 1.165) is 11.6 Å². The van der Waals surface area contributed by atoms with Crippen molar-refractivity contribution in [2.45, 2.75) is 52.0 Å². The maximum atomic E-state index is 5.92. The summed E-state index contributed by atoms with van der Waals surface area (Å²) in [4.78, 5) is 0. The predicted octanol–water partition coefficient (Wildman–Crippen LogP) is 4.96. The van der Waals surface area contributed by atoms with E-state index in [9.17, 15) is 0 Å². The third-order valence-corrected chi connectivity index (χ3v) is 3.27. The van der Waals surface area contributed by atoms with E-state index in [1.807, 2.05) is 12.1 Å². The topological polar surface area (TPSA) is 12.0 Å². The lowest BCUT2D eigenvalue weighted by Gasteiger charge is -2.18. The van der Waals surface area contributed by atoms with Crippen LogP contribution in [-0.4, -0.2) is 6.54 Å². The highest BCUT2D eigenvalue weighted by molar-refractivity contribution is 6.30. The highest BCUT2D eigenvalue weighted by Gasteiger charge is 2.08. The normalized spacial score (nSPS) is 12.6. The molecule has 0 aliphatic carbocycles. The maximum Gasteiger partial charge on any atom is 0.0406 e. The van der Waals surface area contributed by atoms with E-state index in [0.29, 0.717) is 6.04 Å². The van der Waals surface area contributed by atoms with Crippen LogP contribution in [0.2, 0.25) is 5.02 Å². The molecule has 0 amide bonds. The highest BCUT2D eigenvalue weighted by atomic mass is 35.5. The molecule has 1 unspecified atom stereocenters. The molecule has 1 aromatic rings. The first-order valence-electron chi connectivity index (χ1n) is 6.76. The molecular formula is C15H24ClN. The van der Waals surface area contributed by atoms with Crippen molar-refractivity contribution in [3.8, 4) is 0 Å². The average molecular weight is 254 g/mol. The summed E-state index contributed by atoms with van der Waals surface area (Å²) in [6.07, 6.45) is 6.25. The lowest BCUT2D eigenvalue weighted by molar-refractivity contribution is 0.481. The molecule has 1 atom stereocenters. The van der Waals surface area contributed by atoms with Gasteiger partial charge >= 0.3 is 0 Å². The monoisotopic (exact) mass is 253 g/mol. The molecule has 96 valence electrons. The lowest BCUT2D eigenvalue weighted by atomic mass is 10.0. The largest absolute Gasteiger partial charge is 0.310 e. The van der Waals surface area contributed by atoms with Gasteiger partial charge in [-0.05, 0) is 37.1 Å². The Balaban J connectivity index is 2.49. The summed E-state index contributed by atoms with van der Waals surface area (Å²) in [7, 11) is 0. The van der Waals surface area contributed by atoms with Gasteiger partial charge in [-0.15, -0.1) is 0 Å². The molecule has 0 aliphatic rings. The summed E-state index contributed by atoms with van der Waals surface area (Å²) in [5.41, 5.74) is 1.35. The number of nitrogens with one attached hydrogen (secondary N) is 1. The minimum atomic E-state index is 0.481. The average Bonchev–Trinajstić information content (AvgIpc) is 2.34. The van der Waals surface area contributed by atoms with E-state index in [4.69, 9.17) is 11.6 Å². The minimum Gasteiger partial charge on any atom is -0.310 e. The van der Waals surface area contributed by atoms with Gasteiger partial charge in [0.1, 0.15) is 0 Å². The molecule has 0 saturated heterocycles. The van der Waals surface area contributed by atoms with E-state index in [1.165, 1.54) is 37.7 Å². The van der Waals surface area contributed by atoms with Gasteiger partial charge in [-0.3, -0.25) is 0 Å². The van der Waals surface area contributed by atoms with Crippen molar-refractivity contribution in [1.29, 1.82) is 0 Å². The smallest absolute Gasteiger partial charge is 0.0406 e. The fourth-order valence-electron chi connectivity index (χ4n) is 2.02. The summed E-state index contributed by atoms with van der Waals surface area (Å²) in [6.45, 7) is 5.58. The van der Waals surface area contributed by atoms with Crippen molar-refractivity contribution in [2.75, 3.05) is 6.54 Å². The minimum absolute atomic E-state index is 0.481. The van der Waals surface area contributed by atoms with Gasteiger partial charge in [-0.1, -0.05) is 56.8 Å². The van der Waals surface area contributed by atoms with Gasteiger partial charge < -0.3 is 5.32 Å². The fraction of sp³-hybridized carbons (Fsp3) is 0.600. The standard InChI is InChI=1S/C15H24ClN/c1-3-5-6-12-17-15(7-4-2)13-8-10-14(16)11-9-13/h8-11,15,17H,3-7,12H2,1-2H3. The Labute approximate surface area is 111 Å². The van der Waals surface area contributed by atoms with E-state index in [1.54, 1.807) is 0 Å². The Hall–Kier alpha value is -0.530. The Morgan fingerprint density at radius 2 is 1.76 bits per heavy atom. The van der Waals surface area contributed by atoms with Crippen LogP contribution in [0.1, 0.15) is 57.6 Å². The third-order valence-electron chi connectivity index (χ3n) is 3.02. The van der Waals surface area contributed by atoms with Gasteiger partial charge in [0.15, 0.2) is 0 Å². The number of unbranched alkanes of at least 4 members (excludes halogenated alkanes) is 2. The summed E-state index contributed by atoms with van der Waals surface area (Å²) in [6, 6.07) is 8.71. The summed E-state index contributed by atoms with van der Waals surface area (Å²) < 4.78 is 0. The molecule has 1 aromatic carbocycles. The molecule has 1 nitrogen and oxygen atoms in total. The second-order valence-corrected chi connectivity index (χ2v) is 4.99. The van der Waals surface area contributed by atoms with Crippen molar-refractivity contribution < 1.29 is 0 Å².